The molecule has 1 fully saturated rings. The summed E-state index contributed by atoms with van der Waals surface area (Å²) in [4.78, 5) is 36.3. The highest BCUT2D eigenvalue weighted by molar-refractivity contribution is 7.51. The summed E-state index contributed by atoms with van der Waals surface area (Å²) in [5.74, 6) is -0.196. The highest BCUT2D eigenvalue weighted by Gasteiger charge is 2.47. The molecule has 1 aliphatic rings. The summed E-state index contributed by atoms with van der Waals surface area (Å²) in [6, 6.07) is 1.86. The van der Waals surface area contributed by atoms with Crippen LogP contribution in [0.4, 0.5) is 5.95 Å². The molecule has 2 aromatic heterocycles. The van der Waals surface area contributed by atoms with Crippen molar-refractivity contribution < 1.29 is 33.7 Å². The lowest BCUT2D eigenvalue weighted by Gasteiger charge is -2.20. The van der Waals surface area contributed by atoms with E-state index in [1.807, 2.05) is 6.07 Å². The SMILES string of the molecule is CO[C@H]1C(O)[C@@H](OCP(=O)(O)O)O[C@H]1n1cc(C#N)c2c(=O)[nH]c(N)nc21. The normalized spacial score (nSPS) is 25.7. The molecule has 146 valence electrons. The molecule has 13 nitrogen and oxygen atoms in total. The second-order valence-electron chi connectivity index (χ2n) is 5.76. The molecule has 0 bridgehead atoms. The zero-order valence-electron chi connectivity index (χ0n) is 13.8. The molecule has 4 atom stereocenters. The molecule has 0 aromatic carbocycles. The van der Waals surface area contributed by atoms with Gasteiger partial charge in [0.1, 0.15) is 23.7 Å². The van der Waals surface area contributed by atoms with Gasteiger partial charge < -0.3 is 39.4 Å². The number of nitriles is 1. The third-order valence-corrected chi connectivity index (χ3v) is 4.43. The van der Waals surface area contributed by atoms with E-state index in [0.717, 1.165) is 0 Å². The van der Waals surface area contributed by atoms with Gasteiger partial charge in [-0.2, -0.15) is 10.2 Å². The van der Waals surface area contributed by atoms with Crippen molar-refractivity contribution in [3.05, 3.63) is 22.1 Å². The van der Waals surface area contributed by atoms with Crippen LogP contribution in [0.15, 0.2) is 11.0 Å². The second-order valence-corrected chi connectivity index (χ2v) is 7.35. The van der Waals surface area contributed by atoms with Crippen molar-refractivity contribution in [3.8, 4) is 6.07 Å². The number of nitrogens with one attached hydrogen (secondary N) is 1. The van der Waals surface area contributed by atoms with Crippen LogP contribution < -0.4 is 11.3 Å². The molecular formula is C13H16N5O8P. The lowest BCUT2D eigenvalue weighted by atomic mass is 10.2. The monoisotopic (exact) mass is 401 g/mol. The molecule has 14 heteroatoms. The molecule has 3 rings (SSSR count). The van der Waals surface area contributed by atoms with Gasteiger partial charge in [0.05, 0.1) is 5.56 Å². The molecule has 0 radical (unpaired) electrons. The zero-order chi connectivity index (χ0) is 19.9. The average molecular weight is 401 g/mol. The summed E-state index contributed by atoms with van der Waals surface area (Å²) in [5.41, 5.74) is 4.94. The van der Waals surface area contributed by atoms with Crippen molar-refractivity contribution in [3.63, 3.8) is 0 Å². The zero-order valence-corrected chi connectivity index (χ0v) is 14.7. The Morgan fingerprint density at radius 1 is 1.56 bits per heavy atom. The topological polar surface area (TPSA) is 206 Å². The fourth-order valence-electron chi connectivity index (χ4n) is 2.86. The van der Waals surface area contributed by atoms with E-state index < -0.39 is 44.2 Å². The third kappa shape index (κ3) is 3.60. The number of aromatic nitrogens is 3. The number of anilines is 1. The minimum absolute atomic E-state index is 0.00808. The van der Waals surface area contributed by atoms with Crippen molar-refractivity contribution in [2.75, 3.05) is 19.2 Å². The number of hydrogen-bond donors (Lipinski definition) is 5. The van der Waals surface area contributed by atoms with Crippen molar-refractivity contribution in [2.45, 2.75) is 24.7 Å². The van der Waals surface area contributed by atoms with Crippen molar-refractivity contribution in [1.29, 1.82) is 5.26 Å². The number of fused-ring (bicyclic) bond motifs is 1. The molecule has 6 N–H and O–H groups in total. The van der Waals surface area contributed by atoms with Crippen LogP contribution in [0.5, 0.6) is 0 Å². The Labute approximate surface area is 151 Å². The minimum atomic E-state index is -4.50. The Kier molecular flexibility index (Phi) is 5.06. The Morgan fingerprint density at radius 3 is 2.85 bits per heavy atom. The van der Waals surface area contributed by atoms with Gasteiger partial charge >= 0.3 is 7.60 Å². The van der Waals surface area contributed by atoms with Crippen LogP contribution in [0.2, 0.25) is 0 Å². The van der Waals surface area contributed by atoms with Crippen molar-refractivity contribution >= 4 is 24.6 Å². The number of rotatable bonds is 5. The molecular weight excluding hydrogens is 385 g/mol. The fraction of sp³-hybridized carbons (Fsp3) is 0.462. The van der Waals surface area contributed by atoms with E-state index in [4.69, 9.17) is 29.7 Å². The predicted molar refractivity (Wildman–Crippen MR) is 88.2 cm³/mol. The molecule has 0 spiro atoms. The summed E-state index contributed by atoms with van der Waals surface area (Å²) in [7, 11) is -3.22. The maximum absolute atomic E-state index is 12.1. The number of nitrogen functional groups attached to an aromatic ring is 1. The molecule has 1 unspecified atom stereocenters. The summed E-state index contributed by atoms with van der Waals surface area (Å²) in [6.07, 6.45) is -4.68. The number of nitrogens with zero attached hydrogens (tertiary/aromatic N) is 3. The highest BCUT2D eigenvalue weighted by atomic mass is 31.2. The summed E-state index contributed by atoms with van der Waals surface area (Å²) < 4.78 is 27.9. The Balaban J connectivity index is 2.04. The maximum atomic E-state index is 12.1. The number of methoxy groups -OCH3 is 1. The van der Waals surface area contributed by atoms with Gasteiger partial charge in [0.25, 0.3) is 5.56 Å². The van der Waals surface area contributed by atoms with E-state index in [1.54, 1.807) is 0 Å². The molecule has 1 aliphatic heterocycles. The fourth-order valence-corrected chi connectivity index (χ4v) is 3.20. The third-order valence-electron chi connectivity index (χ3n) is 3.94. The number of aliphatic hydroxyl groups is 1. The van der Waals surface area contributed by atoms with Gasteiger partial charge in [0, 0.05) is 13.3 Å². The van der Waals surface area contributed by atoms with Crippen LogP contribution in [-0.4, -0.2) is 61.4 Å². The first-order valence-electron chi connectivity index (χ1n) is 7.49. The molecule has 27 heavy (non-hydrogen) atoms. The van der Waals surface area contributed by atoms with Crippen LogP contribution in [0.1, 0.15) is 11.8 Å². The van der Waals surface area contributed by atoms with Crippen LogP contribution in [0, 0.1) is 11.3 Å². The van der Waals surface area contributed by atoms with Crippen molar-refractivity contribution in [2.24, 2.45) is 0 Å². The first-order chi connectivity index (χ1) is 12.7. The Bertz CT molecular complexity index is 1010. The average Bonchev–Trinajstić information content (AvgIpc) is 3.09. The van der Waals surface area contributed by atoms with E-state index in [0.29, 0.717) is 0 Å². The number of hydrogen-bond acceptors (Lipinski definition) is 9. The summed E-state index contributed by atoms with van der Waals surface area (Å²) in [5, 5.41) is 19.6. The Morgan fingerprint density at radius 2 is 2.26 bits per heavy atom. The molecule has 0 saturated carbocycles. The largest absolute Gasteiger partial charge is 0.385 e. The van der Waals surface area contributed by atoms with E-state index in [1.165, 1.54) is 17.9 Å². The standard InChI is InChI=1S/C13H16N5O8P/c1-24-8-7(19)12(25-4-27(21,22)23)26-11(8)18-3-5(2-14)6-9(18)16-13(15)17-10(6)20/h3,7-8,11-12,19H,4H2,1H3,(H2,21,22,23)(H3,15,16,17,20)/t7?,8-,11+,12-/m0/s1. The first-order valence-corrected chi connectivity index (χ1v) is 9.29. The van der Waals surface area contributed by atoms with E-state index in [9.17, 15) is 19.7 Å². The van der Waals surface area contributed by atoms with E-state index >= 15 is 0 Å². The van der Waals surface area contributed by atoms with Gasteiger partial charge in [-0.1, -0.05) is 0 Å². The molecule has 0 aliphatic carbocycles. The molecule has 2 aromatic rings. The van der Waals surface area contributed by atoms with Gasteiger partial charge in [-0.15, -0.1) is 0 Å². The predicted octanol–water partition coefficient (Wildman–Crippen LogP) is -1.44. The van der Waals surface area contributed by atoms with E-state index in [2.05, 4.69) is 9.97 Å². The molecule has 1 saturated heterocycles. The lowest BCUT2D eigenvalue weighted by molar-refractivity contribution is -0.167. The second kappa shape index (κ2) is 7.02. The van der Waals surface area contributed by atoms with Gasteiger partial charge in [-0.05, 0) is 0 Å². The van der Waals surface area contributed by atoms with Crippen molar-refractivity contribution in [1.82, 2.24) is 14.5 Å². The minimum Gasteiger partial charge on any atom is -0.385 e. The molecule has 0 amide bonds. The van der Waals surface area contributed by atoms with Gasteiger partial charge in [-0.3, -0.25) is 14.3 Å². The van der Waals surface area contributed by atoms with Crippen LogP contribution in [0.25, 0.3) is 11.0 Å². The van der Waals surface area contributed by atoms with Crippen LogP contribution in [-0.2, 0) is 18.8 Å². The summed E-state index contributed by atoms with van der Waals surface area (Å²) in [6.45, 7) is 0. The Hall–Kier alpha value is -2.30. The smallest absolute Gasteiger partial charge is 0.351 e. The number of aromatic amines is 1. The molecule has 3 heterocycles. The number of H-pyrrole nitrogens is 1. The van der Waals surface area contributed by atoms with Gasteiger partial charge in [0.2, 0.25) is 5.95 Å². The lowest BCUT2D eigenvalue weighted by Crippen LogP contribution is -2.34. The van der Waals surface area contributed by atoms with E-state index in [-0.39, 0.29) is 22.5 Å². The maximum Gasteiger partial charge on any atom is 0.351 e. The number of aliphatic hydroxyl groups excluding tert-OH is 1. The highest BCUT2D eigenvalue weighted by Crippen LogP contribution is 2.39. The summed E-state index contributed by atoms with van der Waals surface area (Å²) >= 11 is 0. The number of nitrogens with two attached hydrogens (primary N) is 1. The van der Waals surface area contributed by atoms with Gasteiger partial charge in [-0.25, -0.2) is 0 Å². The van der Waals surface area contributed by atoms with Crippen LogP contribution >= 0.6 is 7.60 Å². The quantitative estimate of drug-likeness (QED) is 0.367. The van der Waals surface area contributed by atoms with Crippen LogP contribution in [0.3, 0.4) is 0 Å². The van der Waals surface area contributed by atoms with Gasteiger partial charge in [0.15, 0.2) is 24.5 Å². The first kappa shape index (κ1) is 19.5. The number of ether oxygens (including phenoxy) is 3.